The summed E-state index contributed by atoms with van der Waals surface area (Å²) in [6.45, 7) is 0.985. The molecule has 4 aliphatic heterocycles. The maximum atomic E-state index is 12.7. The van der Waals surface area contributed by atoms with Gasteiger partial charge in [0.2, 0.25) is 0 Å². The summed E-state index contributed by atoms with van der Waals surface area (Å²) in [6, 6.07) is 8.47. The van der Waals surface area contributed by atoms with Crippen LogP contribution in [-0.2, 0) is 23.7 Å². The van der Waals surface area contributed by atoms with Crippen LogP contribution >= 0.6 is 0 Å². The van der Waals surface area contributed by atoms with Crippen molar-refractivity contribution in [2.75, 3.05) is 13.2 Å². The van der Waals surface area contributed by atoms with Crippen molar-refractivity contribution in [3.63, 3.8) is 0 Å². The molecule has 11 atom stereocenters. The van der Waals surface area contributed by atoms with Gasteiger partial charge in [0.15, 0.2) is 18.4 Å². The van der Waals surface area contributed by atoms with Crippen LogP contribution in [0.15, 0.2) is 30.3 Å². The van der Waals surface area contributed by atoms with Gasteiger partial charge in [-0.1, -0.05) is 18.2 Å². The van der Waals surface area contributed by atoms with Gasteiger partial charge in [-0.3, -0.25) is 0 Å². The van der Waals surface area contributed by atoms with E-state index in [-0.39, 0.29) is 19.4 Å². The zero-order valence-electron chi connectivity index (χ0n) is 18.4. The minimum Gasteiger partial charge on any atom is -0.461 e. The van der Waals surface area contributed by atoms with E-state index in [1.54, 1.807) is 37.3 Å². The summed E-state index contributed by atoms with van der Waals surface area (Å²) >= 11 is 0. The second-order valence-electron chi connectivity index (χ2n) is 10.2. The smallest absolute Gasteiger partial charge is 0.338 e. The molecule has 0 unspecified atom stereocenters. The average Bonchev–Trinajstić information content (AvgIpc) is 3.00. The zero-order valence-corrected chi connectivity index (χ0v) is 18.4. The Morgan fingerprint density at radius 2 is 1.85 bits per heavy atom. The summed E-state index contributed by atoms with van der Waals surface area (Å²) in [4.78, 5) is 12.7. The third-order valence-corrected chi connectivity index (χ3v) is 8.57. The molecule has 0 amide bonds. The number of ether oxygens (including phenoxy) is 5. The van der Waals surface area contributed by atoms with Crippen LogP contribution in [0.4, 0.5) is 0 Å². The molecule has 1 aromatic rings. The number of benzene rings is 1. The van der Waals surface area contributed by atoms with E-state index in [0.29, 0.717) is 5.56 Å². The molecule has 186 valence electrons. The van der Waals surface area contributed by atoms with Crippen LogP contribution in [0.1, 0.15) is 30.1 Å². The molecule has 4 saturated heterocycles. The first-order valence-corrected chi connectivity index (χ1v) is 11.4. The van der Waals surface area contributed by atoms with Crippen molar-refractivity contribution in [3.8, 4) is 0 Å². The lowest BCUT2D eigenvalue weighted by Crippen LogP contribution is -2.80. The molecule has 0 spiro atoms. The normalized spacial score (nSPS) is 52.5. The molecule has 8 rings (SSSR count). The van der Waals surface area contributed by atoms with Crippen LogP contribution in [0, 0.1) is 11.3 Å². The second kappa shape index (κ2) is 7.19. The Balaban J connectivity index is 1.32. The van der Waals surface area contributed by atoms with Crippen LogP contribution < -0.4 is 0 Å². The highest BCUT2D eigenvalue weighted by atomic mass is 16.8. The Labute approximate surface area is 194 Å². The van der Waals surface area contributed by atoms with E-state index in [2.05, 4.69) is 0 Å². The number of aliphatic hydroxyl groups excluding tert-OH is 4. The first kappa shape index (κ1) is 22.8. The van der Waals surface area contributed by atoms with Gasteiger partial charge in [-0.05, 0) is 25.5 Å². The molecule has 3 saturated carbocycles. The minimum absolute atomic E-state index is 0.0902. The van der Waals surface area contributed by atoms with E-state index in [1.807, 2.05) is 0 Å². The van der Waals surface area contributed by atoms with Gasteiger partial charge in [-0.25, -0.2) is 4.79 Å². The summed E-state index contributed by atoms with van der Waals surface area (Å²) in [6.07, 6.45) is -7.87. The van der Waals surface area contributed by atoms with E-state index in [4.69, 9.17) is 23.7 Å². The summed E-state index contributed by atoms with van der Waals surface area (Å²) < 4.78 is 29.7. The standard InChI is InChI=1S/C23H28O11/c1-20-9-22(29)13-7-23(20,32-18-16(27)15(26)14(25)12(8-24)31-18)21(13,19(33-20)34-22)10-30-17(28)11-5-3-2-4-6-11/h2-6,12-16,18-19,24-27,29H,7-10H2,1H3/t12-,13+,14-,15+,16-,18+,19+,20+,21-,22-,23-/m1/s1. The highest BCUT2D eigenvalue weighted by Crippen LogP contribution is 2.81. The van der Waals surface area contributed by atoms with Crippen molar-refractivity contribution in [1.29, 1.82) is 0 Å². The van der Waals surface area contributed by atoms with Crippen molar-refractivity contribution in [2.45, 2.75) is 73.8 Å². The van der Waals surface area contributed by atoms with E-state index < -0.39 is 77.9 Å². The van der Waals surface area contributed by atoms with Crippen LogP contribution in [0.3, 0.4) is 0 Å². The Hall–Kier alpha value is -1.67. The zero-order chi connectivity index (χ0) is 24.1. The Kier molecular flexibility index (Phi) is 4.81. The lowest BCUT2D eigenvalue weighted by atomic mass is 9.41. The SMILES string of the molecule is C[C@@]12C[C@@]3(O)O[C@H](O1)[C@@]1(COC(=O)c4ccccc4)[C@@H]3C[C@]12O[C@@H]1O[C@H](CO)[C@@H](O)[C@H](O)[C@H]1O. The number of carbonyl (C=O) groups excluding carboxylic acids is 1. The van der Waals surface area contributed by atoms with Crippen LogP contribution in [0.5, 0.6) is 0 Å². The molecule has 5 N–H and O–H groups in total. The van der Waals surface area contributed by atoms with Gasteiger partial charge in [0.05, 0.1) is 17.6 Å². The lowest BCUT2D eigenvalue weighted by Gasteiger charge is -2.67. The fraction of sp³-hybridized carbons (Fsp3) is 0.696. The number of carbonyl (C=O) groups is 1. The number of esters is 1. The molecule has 3 aliphatic carbocycles. The third kappa shape index (κ3) is 2.59. The van der Waals surface area contributed by atoms with Crippen molar-refractivity contribution in [3.05, 3.63) is 35.9 Å². The number of hydrogen-bond acceptors (Lipinski definition) is 11. The van der Waals surface area contributed by atoms with Gasteiger partial charge in [-0.2, -0.15) is 0 Å². The highest BCUT2D eigenvalue weighted by molar-refractivity contribution is 5.89. The molecule has 34 heavy (non-hydrogen) atoms. The molecule has 11 nitrogen and oxygen atoms in total. The topological polar surface area (TPSA) is 164 Å². The van der Waals surface area contributed by atoms with Crippen molar-refractivity contribution in [2.24, 2.45) is 11.3 Å². The predicted octanol–water partition coefficient (Wildman–Crippen LogP) is -1.36. The molecular weight excluding hydrogens is 452 g/mol. The van der Waals surface area contributed by atoms with Crippen molar-refractivity contribution < 1.29 is 54.0 Å². The molecule has 0 aromatic heterocycles. The Morgan fingerprint density at radius 1 is 1.12 bits per heavy atom. The number of hydrogen-bond donors (Lipinski definition) is 5. The van der Waals surface area contributed by atoms with E-state index in [0.717, 1.165) is 0 Å². The lowest BCUT2D eigenvalue weighted by molar-refractivity contribution is -0.424. The Morgan fingerprint density at radius 3 is 2.56 bits per heavy atom. The first-order chi connectivity index (χ1) is 16.1. The quantitative estimate of drug-likeness (QED) is 0.306. The molecule has 0 radical (unpaired) electrons. The molecule has 7 aliphatic rings. The van der Waals surface area contributed by atoms with E-state index in [9.17, 15) is 30.3 Å². The second-order valence-corrected chi connectivity index (χ2v) is 10.2. The molecule has 1 aromatic carbocycles. The number of aliphatic hydroxyl groups is 5. The van der Waals surface area contributed by atoms with Crippen molar-refractivity contribution >= 4 is 5.97 Å². The predicted molar refractivity (Wildman–Crippen MR) is 109 cm³/mol. The highest BCUT2D eigenvalue weighted by Gasteiger charge is 2.94. The van der Waals surface area contributed by atoms with Gasteiger partial charge < -0.3 is 49.2 Å². The van der Waals surface area contributed by atoms with Gasteiger partial charge >= 0.3 is 5.97 Å². The summed E-state index contributed by atoms with van der Waals surface area (Å²) in [5.74, 6) is -2.49. The maximum Gasteiger partial charge on any atom is 0.338 e. The van der Waals surface area contributed by atoms with Crippen molar-refractivity contribution in [1.82, 2.24) is 0 Å². The minimum atomic E-state index is -1.61. The molecule has 7 fully saturated rings. The third-order valence-electron chi connectivity index (χ3n) is 8.57. The largest absolute Gasteiger partial charge is 0.461 e. The van der Waals surface area contributed by atoms with E-state index in [1.165, 1.54) is 0 Å². The molecule has 11 heteroatoms. The number of rotatable bonds is 6. The van der Waals surface area contributed by atoms with Crippen LogP contribution in [-0.4, -0.2) is 98.7 Å². The first-order valence-electron chi connectivity index (χ1n) is 11.4. The molecular formula is C23H28O11. The fourth-order valence-electron chi connectivity index (χ4n) is 6.87. The molecule has 4 heterocycles. The van der Waals surface area contributed by atoms with Gasteiger partial charge in [0.1, 0.15) is 42.2 Å². The van der Waals surface area contributed by atoms with Gasteiger partial charge in [0, 0.05) is 12.3 Å². The Bertz CT molecular complexity index is 988. The van der Waals surface area contributed by atoms with Crippen LogP contribution in [0.2, 0.25) is 0 Å². The monoisotopic (exact) mass is 480 g/mol. The average molecular weight is 480 g/mol. The fourth-order valence-corrected chi connectivity index (χ4v) is 6.87. The molecule has 6 bridgehead atoms. The summed E-state index contributed by atoms with van der Waals surface area (Å²) in [5.41, 5.74) is -2.99. The van der Waals surface area contributed by atoms with Crippen LogP contribution in [0.25, 0.3) is 0 Å². The maximum absolute atomic E-state index is 12.7. The van der Waals surface area contributed by atoms with E-state index >= 15 is 0 Å². The summed E-state index contributed by atoms with van der Waals surface area (Å²) in [7, 11) is 0. The van der Waals surface area contributed by atoms with Gasteiger partial charge in [0.25, 0.3) is 0 Å². The van der Waals surface area contributed by atoms with Gasteiger partial charge in [-0.15, -0.1) is 0 Å². The summed E-state index contributed by atoms with van der Waals surface area (Å²) in [5, 5.41) is 51.7.